The van der Waals surface area contributed by atoms with Crippen molar-refractivity contribution >= 4 is 16.5 Å². The fourth-order valence-electron chi connectivity index (χ4n) is 0.393. The first kappa shape index (κ1) is 5.37. The van der Waals surface area contributed by atoms with Crippen LogP contribution in [0.3, 0.4) is 0 Å². The lowest BCUT2D eigenvalue weighted by Gasteiger charge is -1.71. The van der Waals surface area contributed by atoms with Crippen molar-refractivity contribution in [1.29, 1.82) is 5.53 Å². The van der Waals surface area contributed by atoms with Crippen molar-refractivity contribution < 1.29 is 0 Å². The summed E-state index contributed by atoms with van der Waals surface area (Å²) >= 11 is 1.38. The SMILES string of the molecule is Cc1csc(N=N)n1. The summed E-state index contributed by atoms with van der Waals surface area (Å²) in [5.74, 6) is 0. The molecule has 0 aliphatic carbocycles. The fraction of sp³-hybridized carbons (Fsp3) is 0.250. The first-order chi connectivity index (χ1) is 3.83. The normalized spacial score (nSPS) is 9.12. The molecule has 0 aromatic carbocycles. The number of hydrogen-bond donors (Lipinski definition) is 1. The number of nitrogens with one attached hydrogen (secondary N) is 1. The van der Waals surface area contributed by atoms with Crippen molar-refractivity contribution in [2.24, 2.45) is 5.11 Å². The minimum Gasteiger partial charge on any atom is -0.222 e. The van der Waals surface area contributed by atoms with Crippen LogP contribution in [0.1, 0.15) is 5.69 Å². The Labute approximate surface area is 50.9 Å². The van der Waals surface area contributed by atoms with Crippen molar-refractivity contribution in [3.05, 3.63) is 11.1 Å². The lowest BCUT2D eigenvalue weighted by atomic mass is 10.6. The summed E-state index contributed by atoms with van der Waals surface area (Å²) in [5.41, 5.74) is 7.46. The summed E-state index contributed by atoms with van der Waals surface area (Å²) in [6.07, 6.45) is 0. The molecule has 1 rings (SSSR count). The highest BCUT2D eigenvalue weighted by Gasteiger charge is 1.91. The lowest BCUT2D eigenvalue weighted by Crippen LogP contribution is -1.62. The van der Waals surface area contributed by atoms with Gasteiger partial charge in [0.05, 0.1) is 5.69 Å². The summed E-state index contributed by atoms with van der Waals surface area (Å²) in [6, 6.07) is 0. The monoisotopic (exact) mass is 127 g/mol. The molecule has 0 spiro atoms. The van der Waals surface area contributed by atoms with Gasteiger partial charge in [-0.25, -0.2) is 10.5 Å². The molecule has 0 unspecified atom stereocenters. The molecule has 0 radical (unpaired) electrons. The van der Waals surface area contributed by atoms with E-state index in [2.05, 4.69) is 10.1 Å². The van der Waals surface area contributed by atoms with Gasteiger partial charge in [0, 0.05) is 5.38 Å². The van der Waals surface area contributed by atoms with E-state index in [-0.39, 0.29) is 0 Å². The van der Waals surface area contributed by atoms with Crippen LogP contribution < -0.4 is 0 Å². The molecule has 0 atom stereocenters. The minimum absolute atomic E-state index is 0.530. The van der Waals surface area contributed by atoms with Gasteiger partial charge in [-0.2, -0.15) is 0 Å². The Bertz CT molecular complexity index is 193. The molecule has 0 aliphatic heterocycles. The molecule has 1 N–H and O–H groups in total. The van der Waals surface area contributed by atoms with Crippen LogP contribution >= 0.6 is 11.3 Å². The zero-order chi connectivity index (χ0) is 5.98. The molecular weight excluding hydrogens is 122 g/mol. The van der Waals surface area contributed by atoms with Gasteiger partial charge in [0.15, 0.2) is 0 Å². The van der Waals surface area contributed by atoms with Crippen LogP contribution in [0, 0.1) is 12.5 Å². The van der Waals surface area contributed by atoms with Gasteiger partial charge in [0.1, 0.15) is 0 Å². The van der Waals surface area contributed by atoms with Crippen LogP contribution in [0.15, 0.2) is 10.5 Å². The molecule has 1 aromatic heterocycles. The second-order valence-corrected chi connectivity index (χ2v) is 2.22. The Hall–Kier alpha value is -0.770. The highest BCUT2D eigenvalue weighted by Crippen LogP contribution is 2.16. The standard InChI is InChI=1S/C4H5N3S/c1-3-2-8-4(6-3)7-5/h2,5H,1H3. The summed E-state index contributed by atoms with van der Waals surface area (Å²) < 4.78 is 0. The van der Waals surface area contributed by atoms with Crippen LogP contribution in [0.2, 0.25) is 0 Å². The quantitative estimate of drug-likeness (QED) is 0.577. The fourth-order valence-corrected chi connectivity index (χ4v) is 0.971. The molecule has 3 nitrogen and oxygen atoms in total. The smallest absolute Gasteiger partial charge is 0.222 e. The van der Waals surface area contributed by atoms with Crippen LogP contribution in [-0.4, -0.2) is 4.98 Å². The van der Waals surface area contributed by atoms with E-state index in [1.165, 1.54) is 11.3 Å². The number of nitrogens with zero attached hydrogens (tertiary/aromatic N) is 2. The molecule has 0 aliphatic rings. The summed E-state index contributed by atoms with van der Waals surface area (Å²) in [4.78, 5) is 3.89. The van der Waals surface area contributed by atoms with Crippen molar-refractivity contribution in [1.82, 2.24) is 4.98 Å². The van der Waals surface area contributed by atoms with Gasteiger partial charge in [-0.3, -0.25) is 0 Å². The summed E-state index contributed by atoms with van der Waals surface area (Å²) in [7, 11) is 0. The van der Waals surface area contributed by atoms with Gasteiger partial charge in [-0.1, -0.05) is 0 Å². The molecule has 0 saturated heterocycles. The van der Waals surface area contributed by atoms with E-state index in [0.29, 0.717) is 5.13 Å². The maximum atomic E-state index is 6.53. The van der Waals surface area contributed by atoms with Crippen molar-refractivity contribution in [3.63, 3.8) is 0 Å². The number of aryl methyl sites for hydroxylation is 1. The maximum absolute atomic E-state index is 6.53. The van der Waals surface area contributed by atoms with Gasteiger partial charge >= 0.3 is 0 Å². The van der Waals surface area contributed by atoms with E-state index in [1.807, 2.05) is 12.3 Å². The number of hydrogen-bond acceptors (Lipinski definition) is 4. The Kier molecular flexibility index (Phi) is 1.34. The molecule has 8 heavy (non-hydrogen) atoms. The van der Waals surface area contributed by atoms with Crippen molar-refractivity contribution in [2.45, 2.75) is 6.92 Å². The molecule has 1 heterocycles. The molecule has 0 fully saturated rings. The van der Waals surface area contributed by atoms with E-state index < -0.39 is 0 Å². The predicted octanol–water partition coefficient (Wildman–Crippen LogP) is 2.11. The van der Waals surface area contributed by atoms with Gasteiger partial charge in [-0.15, -0.1) is 16.5 Å². The molecule has 42 valence electrons. The highest BCUT2D eigenvalue weighted by molar-refractivity contribution is 7.13. The maximum Gasteiger partial charge on any atom is 0.229 e. The average molecular weight is 127 g/mol. The van der Waals surface area contributed by atoms with Gasteiger partial charge < -0.3 is 0 Å². The van der Waals surface area contributed by atoms with Crippen molar-refractivity contribution in [2.75, 3.05) is 0 Å². The second-order valence-electron chi connectivity index (χ2n) is 1.38. The lowest BCUT2D eigenvalue weighted by molar-refractivity contribution is 1.11. The second kappa shape index (κ2) is 2.00. The Morgan fingerprint density at radius 2 is 2.62 bits per heavy atom. The molecule has 4 heteroatoms. The third-order valence-corrected chi connectivity index (χ3v) is 1.55. The summed E-state index contributed by atoms with van der Waals surface area (Å²) in [6.45, 7) is 1.88. The predicted molar refractivity (Wildman–Crippen MR) is 31.7 cm³/mol. The van der Waals surface area contributed by atoms with Crippen LogP contribution in [0.5, 0.6) is 0 Å². The van der Waals surface area contributed by atoms with Crippen LogP contribution in [0.25, 0.3) is 0 Å². The van der Waals surface area contributed by atoms with Gasteiger partial charge in [-0.05, 0) is 6.92 Å². The topological polar surface area (TPSA) is 49.1 Å². The zero-order valence-corrected chi connectivity index (χ0v) is 5.20. The van der Waals surface area contributed by atoms with Gasteiger partial charge in [0.2, 0.25) is 5.13 Å². The Morgan fingerprint density at radius 3 is 2.88 bits per heavy atom. The van der Waals surface area contributed by atoms with E-state index in [4.69, 9.17) is 5.53 Å². The summed E-state index contributed by atoms with van der Waals surface area (Å²) in [5, 5.41) is 5.55. The zero-order valence-electron chi connectivity index (χ0n) is 4.38. The van der Waals surface area contributed by atoms with Crippen molar-refractivity contribution in [3.8, 4) is 0 Å². The first-order valence-corrected chi connectivity index (χ1v) is 3.00. The molecule has 1 aromatic rings. The third kappa shape index (κ3) is 0.894. The molecular formula is C4H5N3S. The Balaban J connectivity index is 3.00. The van der Waals surface area contributed by atoms with E-state index in [9.17, 15) is 0 Å². The largest absolute Gasteiger partial charge is 0.229 e. The molecule has 0 amide bonds. The number of rotatable bonds is 1. The molecule has 0 bridgehead atoms. The minimum atomic E-state index is 0.530. The Morgan fingerprint density at radius 1 is 1.88 bits per heavy atom. The first-order valence-electron chi connectivity index (χ1n) is 2.12. The third-order valence-electron chi connectivity index (χ3n) is 0.703. The molecule has 0 saturated carbocycles. The van der Waals surface area contributed by atoms with E-state index in [1.54, 1.807) is 0 Å². The van der Waals surface area contributed by atoms with E-state index >= 15 is 0 Å². The van der Waals surface area contributed by atoms with Crippen LogP contribution in [0.4, 0.5) is 5.13 Å². The van der Waals surface area contributed by atoms with Gasteiger partial charge in [0.25, 0.3) is 0 Å². The average Bonchev–Trinajstić information content (AvgIpc) is 2.14. The van der Waals surface area contributed by atoms with Crippen LogP contribution in [-0.2, 0) is 0 Å². The number of aromatic nitrogens is 1. The number of thiazole rings is 1. The highest BCUT2D eigenvalue weighted by atomic mass is 32.1. The van der Waals surface area contributed by atoms with E-state index in [0.717, 1.165) is 5.69 Å².